The maximum absolute atomic E-state index is 11.0. The first-order chi connectivity index (χ1) is 9.58. The Morgan fingerprint density at radius 2 is 2.30 bits per heavy atom. The molecule has 1 aliphatic heterocycles. The van der Waals surface area contributed by atoms with Gasteiger partial charge in [-0.2, -0.15) is 23.5 Å². The predicted molar refractivity (Wildman–Crippen MR) is 87.8 cm³/mol. The van der Waals surface area contributed by atoms with Gasteiger partial charge in [0.05, 0.1) is 4.92 Å². The van der Waals surface area contributed by atoms with Crippen LogP contribution in [-0.2, 0) is 0 Å². The molecule has 0 spiro atoms. The van der Waals surface area contributed by atoms with Gasteiger partial charge < -0.3 is 5.32 Å². The summed E-state index contributed by atoms with van der Waals surface area (Å²) < 4.78 is 0. The van der Waals surface area contributed by atoms with Gasteiger partial charge >= 0.3 is 0 Å². The third-order valence-electron chi connectivity index (χ3n) is 3.47. The summed E-state index contributed by atoms with van der Waals surface area (Å²) in [6.45, 7) is 4.80. The van der Waals surface area contributed by atoms with Crippen molar-refractivity contribution in [3.05, 3.63) is 39.4 Å². The maximum atomic E-state index is 11.0. The molecule has 110 valence electrons. The van der Waals surface area contributed by atoms with E-state index >= 15 is 0 Å². The molecule has 1 aliphatic rings. The zero-order valence-electron chi connectivity index (χ0n) is 11.8. The van der Waals surface area contributed by atoms with Gasteiger partial charge in [0.25, 0.3) is 5.69 Å². The number of benzene rings is 1. The van der Waals surface area contributed by atoms with Gasteiger partial charge in [-0.3, -0.25) is 10.1 Å². The average Bonchev–Trinajstić information content (AvgIpc) is 2.46. The van der Waals surface area contributed by atoms with Gasteiger partial charge in [0.15, 0.2) is 0 Å². The minimum atomic E-state index is -0.306. The highest BCUT2D eigenvalue weighted by Gasteiger charge is 2.17. The minimum absolute atomic E-state index is 0.141. The van der Waals surface area contributed by atoms with E-state index in [1.165, 1.54) is 17.3 Å². The molecule has 6 heteroatoms. The van der Waals surface area contributed by atoms with E-state index in [0.717, 1.165) is 12.1 Å². The first-order valence-electron chi connectivity index (χ1n) is 6.75. The number of nitrogens with one attached hydrogen (secondary N) is 1. The van der Waals surface area contributed by atoms with Crippen LogP contribution in [0.3, 0.4) is 0 Å². The Labute approximate surface area is 128 Å². The van der Waals surface area contributed by atoms with Crippen LogP contribution in [-0.4, -0.2) is 34.0 Å². The Morgan fingerprint density at radius 3 is 2.95 bits per heavy atom. The molecule has 1 heterocycles. The van der Waals surface area contributed by atoms with Crippen molar-refractivity contribution in [1.29, 1.82) is 0 Å². The SMILES string of the molecule is Cc1ccc(C(C)NCC2CSCCS2)cc1[N+](=O)[O-]. The Morgan fingerprint density at radius 1 is 1.50 bits per heavy atom. The highest BCUT2D eigenvalue weighted by atomic mass is 32.2. The fourth-order valence-corrected chi connectivity index (χ4v) is 4.80. The summed E-state index contributed by atoms with van der Waals surface area (Å²) >= 11 is 4.03. The van der Waals surface area contributed by atoms with Gasteiger partial charge in [-0.1, -0.05) is 12.1 Å². The molecule has 1 aromatic rings. The van der Waals surface area contributed by atoms with Crippen molar-refractivity contribution in [2.45, 2.75) is 25.1 Å². The molecular formula is C14H20N2O2S2. The van der Waals surface area contributed by atoms with Gasteiger partial charge in [0.2, 0.25) is 0 Å². The van der Waals surface area contributed by atoms with Crippen molar-refractivity contribution in [1.82, 2.24) is 5.32 Å². The standard InChI is InChI=1S/C14H20N2O2S2/c1-10-3-4-12(7-14(10)16(17)18)11(2)15-8-13-9-19-5-6-20-13/h3-4,7,11,13,15H,5-6,8-9H2,1-2H3. The molecule has 1 fully saturated rings. The first-order valence-corrected chi connectivity index (χ1v) is 8.96. The quantitative estimate of drug-likeness (QED) is 0.667. The molecule has 0 bridgehead atoms. The summed E-state index contributed by atoms with van der Waals surface area (Å²) in [5, 5.41) is 15.1. The summed E-state index contributed by atoms with van der Waals surface area (Å²) in [5.41, 5.74) is 1.90. The van der Waals surface area contributed by atoms with Crippen LogP contribution in [0.2, 0.25) is 0 Å². The molecule has 1 saturated heterocycles. The number of thioether (sulfide) groups is 2. The fraction of sp³-hybridized carbons (Fsp3) is 0.571. The summed E-state index contributed by atoms with van der Waals surface area (Å²) in [5.74, 6) is 3.67. The lowest BCUT2D eigenvalue weighted by Gasteiger charge is -2.23. The monoisotopic (exact) mass is 312 g/mol. The Balaban J connectivity index is 1.96. The van der Waals surface area contributed by atoms with E-state index in [2.05, 4.69) is 12.2 Å². The van der Waals surface area contributed by atoms with Crippen LogP contribution in [0.1, 0.15) is 24.1 Å². The molecule has 2 unspecified atom stereocenters. The third-order valence-corrected chi connectivity index (χ3v) is 6.31. The molecule has 0 radical (unpaired) electrons. The van der Waals surface area contributed by atoms with Crippen LogP contribution in [0.25, 0.3) is 0 Å². The number of nitro benzene ring substituents is 1. The smallest absolute Gasteiger partial charge is 0.272 e. The molecule has 2 atom stereocenters. The summed E-state index contributed by atoms with van der Waals surface area (Å²) in [6, 6.07) is 5.64. The zero-order chi connectivity index (χ0) is 14.5. The molecule has 0 amide bonds. The van der Waals surface area contributed by atoms with Crippen LogP contribution in [0.4, 0.5) is 5.69 Å². The lowest BCUT2D eigenvalue weighted by Crippen LogP contribution is -2.30. The zero-order valence-corrected chi connectivity index (χ0v) is 13.4. The van der Waals surface area contributed by atoms with E-state index in [-0.39, 0.29) is 16.7 Å². The number of nitro groups is 1. The van der Waals surface area contributed by atoms with Crippen molar-refractivity contribution < 1.29 is 4.92 Å². The van der Waals surface area contributed by atoms with Gasteiger partial charge in [0, 0.05) is 46.7 Å². The van der Waals surface area contributed by atoms with E-state index in [4.69, 9.17) is 0 Å². The molecule has 20 heavy (non-hydrogen) atoms. The molecule has 4 nitrogen and oxygen atoms in total. The normalized spacial score (nSPS) is 20.6. The van der Waals surface area contributed by atoms with Gasteiger partial charge in [-0.05, 0) is 19.4 Å². The first kappa shape index (κ1) is 15.7. The average molecular weight is 312 g/mol. The summed E-state index contributed by atoms with van der Waals surface area (Å²) in [4.78, 5) is 10.7. The summed E-state index contributed by atoms with van der Waals surface area (Å²) in [7, 11) is 0. The van der Waals surface area contributed by atoms with Gasteiger partial charge in [-0.25, -0.2) is 0 Å². The number of nitrogens with zero attached hydrogens (tertiary/aromatic N) is 1. The molecule has 0 aliphatic carbocycles. The van der Waals surface area contributed by atoms with E-state index in [9.17, 15) is 10.1 Å². The van der Waals surface area contributed by atoms with E-state index in [0.29, 0.717) is 10.8 Å². The molecular weight excluding hydrogens is 292 g/mol. The largest absolute Gasteiger partial charge is 0.309 e. The highest BCUT2D eigenvalue weighted by Crippen LogP contribution is 2.26. The van der Waals surface area contributed by atoms with Crippen LogP contribution < -0.4 is 5.32 Å². The molecule has 0 aromatic heterocycles. The third kappa shape index (κ3) is 4.14. The molecule has 0 saturated carbocycles. The summed E-state index contributed by atoms with van der Waals surface area (Å²) in [6.07, 6.45) is 0. The Bertz CT molecular complexity index is 476. The van der Waals surface area contributed by atoms with Crippen LogP contribution in [0.5, 0.6) is 0 Å². The van der Waals surface area contributed by atoms with Gasteiger partial charge in [0.1, 0.15) is 0 Å². The molecule has 1 N–H and O–H groups in total. The number of aryl methyl sites for hydroxylation is 1. The number of rotatable bonds is 5. The van der Waals surface area contributed by atoms with Crippen molar-refractivity contribution in [3.8, 4) is 0 Å². The van der Waals surface area contributed by atoms with E-state index in [1.807, 2.05) is 35.7 Å². The Kier molecular flexibility index (Phi) is 5.74. The van der Waals surface area contributed by atoms with E-state index < -0.39 is 0 Å². The fourth-order valence-electron chi connectivity index (χ4n) is 2.17. The second-order valence-electron chi connectivity index (χ2n) is 5.00. The van der Waals surface area contributed by atoms with E-state index in [1.54, 1.807) is 13.0 Å². The van der Waals surface area contributed by atoms with Crippen LogP contribution in [0, 0.1) is 17.0 Å². The maximum Gasteiger partial charge on any atom is 0.272 e. The number of hydrogen-bond acceptors (Lipinski definition) is 5. The second-order valence-corrected chi connectivity index (χ2v) is 7.56. The van der Waals surface area contributed by atoms with Crippen molar-refractivity contribution >= 4 is 29.2 Å². The van der Waals surface area contributed by atoms with Crippen molar-refractivity contribution in [2.24, 2.45) is 0 Å². The lowest BCUT2D eigenvalue weighted by atomic mass is 10.0. The predicted octanol–water partition coefficient (Wildman–Crippen LogP) is 3.40. The minimum Gasteiger partial charge on any atom is -0.309 e. The van der Waals surface area contributed by atoms with Crippen molar-refractivity contribution in [2.75, 3.05) is 23.8 Å². The number of hydrogen-bond donors (Lipinski definition) is 1. The van der Waals surface area contributed by atoms with Crippen LogP contribution in [0.15, 0.2) is 18.2 Å². The second kappa shape index (κ2) is 7.33. The van der Waals surface area contributed by atoms with Crippen molar-refractivity contribution in [3.63, 3.8) is 0 Å². The molecule has 2 rings (SSSR count). The lowest BCUT2D eigenvalue weighted by molar-refractivity contribution is -0.385. The highest BCUT2D eigenvalue weighted by molar-refractivity contribution is 8.06. The molecule has 1 aromatic carbocycles. The van der Waals surface area contributed by atoms with Gasteiger partial charge in [-0.15, -0.1) is 0 Å². The van der Waals surface area contributed by atoms with Crippen LogP contribution >= 0.6 is 23.5 Å². The Hall–Kier alpha value is -0.720. The topological polar surface area (TPSA) is 55.2 Å².